The fourth-order valence-corrected chi connectivity index (χ4v) is 4.02. The summed E-state index contributed by atoms with van der Waals surface area (Å²) in [6, 6.07) is 6.26. The normalized spacial score (nSPS) is 12.7. The summed E-state index contributed by atoms with van der Waals surface area (Å²) >= 11 is 1.40. The van der Waals surface area contributed by atoms with Crippen LogP contribution in [0.15, 0.2) is 30.6 Å². The van der Waals surface area contributed by atoms with E-state index in [1.807, 2.05) is 26.2 Å². The van der Waals surface area contributed by atoms with Crippen LogP contribution in [0.4, 0.5) is 0 Å². The first-order valence-electron chi connectivity index (χ1n) is 8.59. The van der Waals surface area contributed by atoms with Gasteiger partial charge < -0.3 is 10.1 Å². The lowest BCUT2D eigenvalue weighted by molar-refractivity contribution is 0.0957. The zero-order valence-electron chi connectivity index (χ0n) is 14.8. The Morgan fingerprint density at radius 3 is 3.12 bits per heavy atom. The van der Waals surface area contributed by atoms with Crippen LogP contribution in [-0.2, 0) is 19.9 Å². The molecule has 2 aromatic heterocycles. The highest BCUT2D eigenvalue weighted by atomic mass is 32.1. The van der Waals surface area contributed by atoms with Crippen molar-refractivity contribution in [2.45, 2.75) is 19.8 Å². The first-order chi connectivity index (χ1) is 12.6. The molecule has 0 fully saturated rings. The van der Waals surface area contributed by atoms with Gasteiger partial charge in [0.2, 0.25) is 0 Å². The zero-order chi connectivity index (χ0) is 18.1. The molecule has 134 valence electrons. The van der Waals surface area contributed by atoms with Crippen molar-refractivity contribution in [3.63, 3.8) is 0 Å². The number of aromatic nitrogens is 3. The van der Waals surface area contributed by atoms with Gasteiger partial charge in [0.25, 0.3) is 5.91 Å². The summed E-state index contributed by atoms with van der Waals surface area (Å²) in [7, 11) is 1.86. The molecule has 1 N–H and O–H groups in total. The highest BCUT2D eigenvalue weighted by Gasteiger charge is 2.17. The summed E-state index contributed by atoms with van der Waals surface area (Å²) in [5.74, 6) is 0.917. The quantitative estimate of drug-likeness (QED) is 0.752. The van der Waals surface area contributed by atoms with Gasteiger partial charge in [0.15, 0.2) is 0 Å². The fourth-order valence-electron chi connectivity index (χ4n) is 3.06. The monoisotopic (exact) mass is 368 g/mol. The minimum absolute atomic E-state index is 0.0698. The molecular formula is C19H20N4O2S. The van der Waals surface area contributed by atoms with Crippen LogP contribution in [0, 0.1) is 6.92 Å². The Bertz CT molecular complexity index is 960. The van der Waals surface area contributed by atoms with Gasteiger partial charge in [0.1, 0.15) is 15.6 Å². The molecule has 4 rings (SSSR count). The molecular weight excluding hydrogens is 348 g/mol. The number of nitrogens with one attached hydrogen (secondary N) is 1. The van der Waals surface area contributed by atoms with Crippen LogP contribution in [0.2, 0.25) is 0 Å². The maximum absolute atomic E-state index is 12.5. The molecule has 1 aromatic carbocycles. The van der Waals surface area contributed by atoms with Crippen molar-refractivity contribution in [3.05, 3.63) is 52.3 Å². The molecule has 0 radical (unpaired) electrons. The van der Waals surface area contributed by atoms with Crippen LogP contribution in [0.25, 0.3) is 10.6 Å². The Balaban J connectivity index is 1.38. The molecule has 0 aliphatic carbocycles. The number of aryl methyl sites for hydroxylation is 2. The Kier molecular flexibility index (Phi) is 4.46. The molecule has 0 saturated heterocycles. The molecule has 26 heavy (non-hydrogen) atoms. The third-order valence-corrected chi connectivity index (χ3v) is 5.61. The number of hydrogen-bond donors (Lipinski definition) is 1. The molecule has 3 heterocycles. The molecule has 0 atom stereocenters. The van der Waals surface area contributed by atoms with E-state index in [1.165, 1.54) is 22.5 Å². The molecule has 0 saturated carbocycles. The van der Waals surface area contributed by atoms with Gasteiger partial charge in [0, 0.05) is 31.8 Å². The number of benzene rings is 1. The van der Waals surface area contributed by atoms with Crippen molar-refractivity contribution in [1.82, 2.24) is 20.1 Å². The molecule has 1 aliphatic rings. The maximum Gasteiger partial charge on any atom is 0.263 e. The summed E-state index contributed by atoms with van der Waals surface area (Å²) in [5.41, 5.74) is 4.15. The SMILES string of the molecule is Cc1nc(-c2cnn(C)c2)sc1C(=O)NCCc1ccc2c(c1)CCO2. The van der Waals surface area contributed by atoms with E-state index in [-0.39, 0.29) is 5.91 Å². The van der Waals surface area contributed by atoms with Gasteiger partial charge in [-0.3, -0.25) is 9.48 Å². The van der Waals surface area contributed by atoms with Crippen LogP contribution in [-0.4, -0.2) is 33.8 Å². The molecule has 0 spiro atoms. The molecule has 7 heteroatoms. The highest BCUT2D eigenvalue weighted by Crippen LogP contribution is 2.28. The Morgan fingerprint density at radius 1 is 1.42 bits per heavy atom. The van der Waals surface area contributed by atoms with Gasteiger partial charge in [-0.2, -0.15) is 5.10 Å². The minimum atomic E-state index is -0.0698. The summed E-state index contributed by atoms with van der Waals surface area (Å²) in [6.45, 7) is 3.23. The van der Waals surface area contributed by atoms with E-state index in [0.717, 1.165) is 41.5 Å². The maximum atomic E-state index is 12.5. The number of carbonyl (C=O) groups excluding carboxylic acids is 1. The summed E-state index contributed by atoms with van der Waals surface area (Å²) in [6.07, 6.45) is 5.42. The Hall–Kier alpha value is -2.67. The number of thiazole rings is 1. The summed E-state index contributed by atoms with van der Waals surface area (Å²) in [5, 5.41) is 7.98. The van der Waals surface area contributed by atoms with E-state index < -0.39 is 0 Å². The van der Waals surface area contributed by atoms with E-state index in [1.54, 1.807) is 10.9 Å². The van der Waals surface area contributed by atoms with E-state index >= 15 is 0 Å². The number of amides is 1. The van der Waals surface area contributed by atoms with E-state index in [9.17, 15) is 4.79 Å². The Morgan fingerprint density at radius 2 is 2.31 bits per heavy atom. The lowest BCUT2D eigenvalue weighted by Gasteiger charge is -2.06. The first kappa shape index (κ1) is 16.8. The summed E-state index contributed by atoms with van der Waals surface area (Å²) in [4.78, 5) is 17.7. The van der Waals surface area contributed by atoms with Gasteiger partial charge in [-0.05, 0) is 30.5 Å². The van der Waals surface area contributed by atoms with Crippen molar-refractivity contribution in [2.24, 2.45) is 7.05 Å². The highest BCUT2D eigenvalue weighted by molar-refractivity contribution is 7.17. The van der Waals surface area contributed by atoms with Gasteiger partial charge in [-0.1, -0.05) is 12.1 Å². The van der Waals surface area contributed by atoms with E-state index in [4.69, 9.17) is 4.74 Å². The van der Waals surface area contributed by atoms with Gasteiger partial charge in [-0.15, -0.1) is 11.3 Å². The zero-order valence-corrected chi connectivity index (χ0v) is 15.6. The molecule has 0 unspecified atom stereocenters. The lowest BCUT2D eigenvalue weighted by atomic mass is 10.1. The first-order valence-corrected chi connectivity index (χ1v) is 9.41. The molecule has 1 amide bonds. The van der Waals surface area contributed by atoms with E-state index in [0.29, 0.717) is 11.4 Å². The second-order valence-corrected chi connectivity index (χ2v) is 7.38. The number of ether oxygens (including phenoxy) is 1. The number of nitrogens with zero attached hydrogens (tertiary/aromatic N) is 3. The predicted octanol–water partition coefficient (Wildman–Crippen LogP) is 2.76. The van der Waals surface area contributed by atoms with Crippen LogP contribution in [0.1, 0.15) is 26.5 Å². The number of rotatable bonds is 5. The van der Waals surface area contributed by atoms with Crippen LogP contribution < -0.4 is 10.1 Å². The molecule has 3 aromatic rings. The van der Waals surface area contributed by atoms with Gasteiger partial charge >= 0.3 is 0 Å². The standard InChI is InChI=1S/C19H20N4O2S/c1-12-17(26-19(22-12)15-10-21-23(2)11-15)18(24)20-7-5-13-3-4-16-14(9-13)6-8-25-16/h3-4,9-11H,5-8H2,1-2H3,(H,20,24). The molecule has 0 bridgehead atoms. The van der Waals surface area contributed by atoms with Crippen molar-refractivity contribution in [2.75, 3.05) is 13.2 Å². The van der Waals surface area contributed by atoms with Crippen molar-refractivity contribution >= 4 is 17.2 Å². The second-order valence-electron chi connectivity index (χ2n) is 6.38. The second kappa shape index (κ2) is 6.92. The lowest BCUT2D eigenvalue weighted by Crippen LogP contribution is -2.25. The number of hydrogen-bond acceptors (Lipinski definition) is 5. The van der Waals surface area contributed by atoms with E-state index in [2.05, 4.69) is 27.5 Å². The largest absolute Gasteiger partial charge is 0.493 e. The average molecular weight is 368 g/mol. The van der Waals surface area contributed by atoms with Crippen molar-refractivity contribution in [1.29, 1.82) is 0 Å². The number of fused-ring (bicyclic) bond motifs is 1. The third-order valence-electron chi connectivity index (χ3n) is 4.41. The van der Waals surface area contributed by atoms with Gasteiger partial charge in [-0.25, -0.2) is 4.98 Å². The molecule has 6 nitrogen and oxygen atoms in total. The topological polar surface area (TPSA) is 69.0 Å². The van der Waals surface area contributed by atoms with Crippen molar-refractivity contribution < 1.29 is 9.53 Å². The van der Waals surface area contributed by atoms with Crippen LogP contribution >= 0.6 is 11.3 Å². The summed E-state index contributed by atoms with van der Waals surface area (Å²) < 4.78 is 7.26. The minimum Gasteiger partial charge on any atom is -0.493 e. The fraction of sp³-hybridized carbons (Fsp3) is 0.316. The average Bonchev–Trinajstić information content (AvgIpc) is 3.33. The molecule has 1 aliphatic heterocycles. The predicted molar refractivity (Wildman–Crippen MR) is 101 cm³/mol. The number of carbonyl (C=O) groups is 1. The Labute approximate surface area is 155 Å². The van der Waals surface area contributed by atoms with Gasteiger partial charge in [0.05, 0.1) is 18.5 Å². The smallest absolute Gasteiger partial charge is 0.263 e. The van der Waals surface area contributed by atoms with Crippen LogP contribution in [0.3, 0.4) is 0 Å². The third kappa shape index (κ3) is 3.35. The van der Waals surface area contributed by atoms with Crippen LogP contribution in [0.5, 0.6) is 5.75 Å². The van der Waals surface area contributed by atoms with Crippen molar-refractivity contribution in [3.8, 4) is 16.3 Å².